The number of aryl methyl sites for hydroxylation is 1. The highest BCUT2D eigenvalue weighted by molar-refractivity contribution is 9.10. The van der Waals surface area contributed by atoms with Crippen LogP contribution in [0.2, 0.25) is 0 Å². The van der Waals surface area contributed by atoms with E-state index >= 15 is 0 Å². The fourth-order valence-corrected chi connectivity index (χ4v) is 3.94. The summed E-state index contributed by atoms with van der Waals surface area (Å²) in [6, 6.07) is 3.91. The minimum atomic E-state index is -3.81. The molecule has 0 radical (unpaired) electrons. The van der Waals surface area contributed by atoms with Gasteiger partial charge in [0, 0.05) is 4.47 Å². The van der Waals surface area contributed by atoms with Crippen LogP contribution in [-0.4, -0.2) is 26.0 Å². The summed E-state index contributed by atoms with van der Waals surface area (Å²) in [6.45, 7) is 8.49. The van der Waals surface area contributed by atoms with Crippen molar-refractivity contribution in [3.05, 3.63) is 28.2 Å². The number of hydrogen-bond donors (Lipinski definition) is 1. The SMILES string of the molecule is Cc1ccc(S(=O)(=O)N[C@@H](C)C(=O)OC(C)(C)C)c(Br)c1. The van der Waals surface area contributed by atoms with Gasteiger partial charge < -0.3 is 4.74 Å². The van der Waals surface area contributed by atoms with E-state index in [1.54, 1.807) is 32.9 Å². The molecule has 0 saturated heterocycles. The number of benzene rings is 1. The molecule has 0 saturated carbocycles. The molecule has 0 aliphatic rings. The molecular formula is C14H20BrNO4S. The fraction of sp³-hybridized carbons (Fsp3) is 0.500. The second kappa shape index (κ2) is 6.46. The summed E-state index contributed by atoms with van der Waals surface area (Å²) in [6.07, 6.45) is 0. The average Bonchev–Trinajstić information content (AvgIpc) is 2.24. The van der Waals surface area contributed by atoms with Crippen molar-refractivity contribution in [2.75, 3.05) is 0 Å². The lowest BCUT2D eigenvalue weighted by molar-refractivity contribution is -0.156. The zero-order valence-electron chi connectivity index (χ0n) is 12.7. The van der Waals surface area contributed by atoms with Gasteiger partial charge in [0.1, 0.15) is 11.6 Å². The Morgan fingerprint density at radius 3 is 2.38 bits per heavy atom. The molecule has 0 aliphatic carbocycles. The minimum Gasteiger partial charge on any atom is -0.459 e. The summed E-state index contributed by atoms with van der Waals surface area (Å²) in [5, 5.41) is 0. The Labute approximate surface area is 134 Å². The summed E-state index contributed by atoms with van der Waals surface area (Å²) in [7, 11) is -3.81. The van der Waals surface area contributed by atoms with E-state index in [4.69, 9.17) is 4.74 Å². The number of halogens is 1. The first-order valence-electron chi connectivity index (χ1n) is 6.44. The zero-order valence-corrected chi connectivity index (χ0v) is 15.1. The molecule has 21 heavy (non-hydrogen) atoms. The van der Waals surface area contributed by atoms with Crippen molar-refractivity contribution in [3.63, 3.8) is 0 Å². The summed E-state index contributed by atoms with van der Waals surface area (Å²) < 4.78 is 32.5. The van der Waals surface area contributed by atoms with Crippen LogP contribution >= 0.6 is 15.9 Å². The molecule has 1 N–H and O–H groups in total. The molecule has 118 valence electrons. The first kappa shape index (κ1) is 18.1. The number of carbonyl (C=O) groups is 1. The van der Waals surface area contributed by atoms with Crippen molar-refractivity contribution < 1.29 is 17.9 Å². The third-order valence-corrected chi connectivity index (χ3v) is 4.99. The number of esters is 1. The molecule has 0 bridgehead atoms. The predicted octanol–water partition coefficient (Wildman–Crippen LogP) is 2.77. The molecule has 0 spiro atoms. The minimum absolute atomic E-state index is 0.0866. The van der Waals surface area contributed by atoms with Gasteiger partial charge in [0.25, 0.3) is 0 Å². The maximum Gasteiger partial charge on any atom is 0.324 e. The highest BCUT2D eigenvalue weighted by atomic mass is 79.9. The maximum absolute atomic E-state index is 12.3. The Hall–Kier alpha value is -0.920. The van der Waals surface area contributed by atoms with Crippen LogP contribution in [0.3, 0.4) is 0 Å². The Balaban J connectivity index is 2.92. The third-order valence-electron chi connectivity index (χ3n) is 2.47. The van der Waals surface area contributed by atoms with E-state index < -0.39 is 27.6 Å². The molecule has 0 amide bonds. The smallest absolute Gasteiger partial charge is 0.324 e. The normalized spacial score (nSPS) is 13.8. The first-order valence-corrected chi connectivity index (χ1v) is 8.71. The van der Waals surface area contributed by atoms with Crippen molar-refractivity contribution in [1.82, 2.24) is 4.72 Å². The third kappa shape index (κ3) is 5.41. The summed E-state index contributed by atoms with van der Waals surface area (Å²) in [5.41, 5.74) is 0.266. The molecule has 5 nitrogen and oxygen atoms in total. The van der Waals surface area contributed by atoms with Gasteiger partial charge in [0.15, 0.2) is 0 Å². The monoisotopic (exact) mass is 377 g/mol. The summed E-state index contributed by atoms with van der Waals surface area (Å²) in [4.78, 5) is 11.9. The van der Waals surface area contributed by atoms with Gasteiger partial charge in [0.05, 0.1) is 4.90 Å². The van der Waals surface area contributed by atoms with Gasteiger partial charge >= 0.3 is 5.97 Å². The van der Waals surface area contributed by atoms with Gasteiger partial charge in [-0.15, -0.1) is 0 Å². The van der Waals surface area contributed by atoms with Crippen LogP contribution in [0.15, 0.2) is 27.6 Å². The lowest BCUT2D eigenvalue weighted by atomic mass is 10.2. The van der Waals surface area contributed by atoms with E-state index in [0.29, 0.717) is 4.47 Å². The van der Waals surface area contributed by atoms with Crippen LogP contribution in [0.1, 0.15) is 33.3 Å². The zero-order chi connectivity index (χ0) is 16.4. The van der Waals surface area contributed by atoms with Crippen molar-refractivity contribution in [1.29, 1.82) is 0 Å². The number of hydrogen-bond acceptors (Lipinski definition) is 4. The second-order valence-electron chi connectivity index (χ2n) is 5.81. The van der Waals surface area contributed by atoms with E-state index in [0.717, 1.165) is 5.56 Å². The molecular weight excluding hydrogens is 358 g/mol. The van der Waals surface area contributed by atoms with Crippen LogP contribution in [0.5, 0.6) is 0 Å². The molecule has 0 unspecified atom stereocenters. The van der Waals surface area contributed by atoms with Crippen LogP contribution in [0, 0.1) is 6.92 Å². The summed E-state index contributed by atoms with van der Waals surface area (Å²) >= 11 is 3.22. The van der Waals surface area contributed by atoms with Gasteiger partial charge in [0.2, 0.25) is 10.0 Å². The fourth-order valence-electron chi connectivity index (χ4n) is 1.56. The molecule has 0 fully saturated rings. The molecule has 1 aromatic rings. The Morgan fingerprint density at radius 1 is 1.33 bits per heavy atom. The van der Waals surface area contributed by atoms with Crippen LogP contribution < -0.4 is 4.72 Å². The predicted molar refractivity (Wildman–Crippen MR) is 84.5 cm³/mol. The number of ether oxygens (including phenoxy) is 1. The second-order valence-corrected chi connectivity index (χ2v) is 8.35. The van der Waals surface area contributed by atoms with E-state index in [2.05, 4.69) is 20.7 Å². The van der Waals surface area contributed by atoms with Crippen molar-refractivity contribution in [2.24, 2.45) is 0 Å². The van der Waals surface area contributed by atoms with Crippen LogP contribution in [0.4, 0.5) is 0 Å². The molecule has 7 heteroatoms. The Kier molecular flexibility index (Phi) is 5.57. The summed E-state index contributed by atoms with van der Waals surface area (Å²) in [5.74, 6) is -0.616. The van der Waals surface area contributed by atoms with Gasteiger partial charge in [-0.05, 0) is 68.2 Å². The standard InChI is InChI=1S/C14H20BrNO4S/c1-9-6-7-12(11(15)8-9)21(18,19)16-10(2)13(17)20-14(3,4)5/h6-8,10,16H,1-5H3/t10-/m0/s1. The molecule has 0 heterocycles. The molecule has 1 aromatic carbocycles. The van der Waals surface area contributed by atoms with Crippen LogP contribution in [0.25, 0.3) is 0 Å². The highest BCUT2D eigenvalue weighted by Crippen LogP contribution is 2.23. The largest absolute Gasteiger partial charge is 0.459 e. The molecule has 1 atom stereocenters. The quantitative estimate of drug-likeness (QED) is 0.818. The number of nitrogens with one attached hydrogen (secondary N) is 1. The van der Waals surface area contributed by atoms with Crippen molar-refractivity contribution in [3.8, 4) is 0 Å². The van der Waals surface area contributed by atoms with Crippen molar-refractivity contribution >= 4 is 31.9 Å². The topological polar surface area (TPSA) is 72.5 Å². The number of sulfonamides is 1. The van der Waals surface area contributed by atoms with Crippen molar-refractivity contribution in [2.45, 2.75) is 51.2 Å². The van der Waals surface area contributed by atoms with Gasteiger partial charge in [-0.3, -0.25) is 4.79 Å². The maximum atomic E-state index is 12.3. The number of carbonyl (C=O) groups excluding carboxylic acids is 1. The molecule has 0 aromatic heterocycles. The highest BCUT2D eigenvalue weighted by Gasteiger charge is 2.27. The molecule has 1 rings (SSSR count). The lowest BCUT2D eigenvalue weighted by Crippen LogP contribution is -2.42. The van der Waals surface area contributed by atoms with E-state index in [1.807, 2.05) is 6.92 Å². The Morgan fingerprint density at radius 2 is 1.90 bits per heavy atom. The molecule has 0 aliphatic heterocycles. The van der Waals surface area contributed by atoms with Crippen LogP contribution in [-0.2, 0) is 19.6 Å². The Bertz CT molecular complexity index is 635. The van der Waals surface area contributed by atoms with Gasteiger partial charge in [-0.1, -0.05) is 6.07 Å². The van der Waals surface area contributed by atoms with E-state index in [-0.39, 0.29) is 4.90 Å². The number of rotatable bonds is 4. The first-order chi connectivity index (χ1) is 9.42. The van der Waals surface area contributed by atoms with Gasteiger partial charge in [-0.2, -0.15) is 4.72 Å². The van der Waals surface area contributed by atoms with E-state index in [9.17, 15) is 13.2 Å². The van der Waals surface area contributed by atoms with E-state index in [1.165, 1.54) is 13.0 Å². The average molecular weight is 378 g/mol. The lowest BCUT2D eigenvalue weighted by Gasteiger charge is -2.22. The van der Waals surface area contributed by atoms with Gasteiger partial charge in [-0.25, -0.2) is 8.42 Å².